The van der Waals surface area contributed by atoms with Crippen LogP contribution in [0.15, 0.2) is 42.7 Å². The van der Waals surface area contributed by atoms with Crippen LogP contribution in [0.3, 0.4) is 0 Å². The van der Waals surface area contributed by atoms with Gasteiger partial charge in [0.05, 0.1) is 5.69 Å². The van der Waals surface area contributed by atoms with Crippen LogP contribution in [0, 0.1) is 6.92 Å². The summed E-state index contributed by atoms with van der Waals surface area (Å²) in [5.41, 5.74) is 2.37. The van der Waals surface area contributed by atoms with Gasteiger partial charge in [-0.25, -0.2) is 4.68 Å². The van der Waals surface area contributed by atoms with Crippen LogP contribution in [0.5, 0.6) is 0 Å². The molecule has 14 heavy (non-hydrogen) atoms. The van der Waals surface area contributed by atoms with Gasteiger partial charge in [0, 0.05) is 13.8 Å². The van der Waals surface area contributed by atoms with Gasteiger partial charge in [-0.15, -0.1) is 0 Å². The predicted molar refractivity (Wildman–Crippen MR) is 61.8 cm³/mol. The molecule has 1 aromatic carbocycles. The molecule has 0 saturated carbocycles. The largest absolute Gasteiger partial charge is 0.241 e. The highest BCUT2D eigenvalue weighted by molar-refractivity contribution is 5.33. The Bertz CT molecular complexity index is 352. The number of benzene rings is 1. The Morgan fingerprint density at radius 1 is 1.14 bits per heavy atom. The topological polar surface area (TPSA) is 17.8 Å². The Labute approximate surface area is 86.7 Å². The van der Waals surface area contributed by atoms with Gasteiger partial charge in [-0.2, -0.15) is 5.10 Å². The van der Waals surface area contributed by atoms with Crippen molar-refractivity contribution in [3.8, 4) is 5.69 Å². The molecule has 0 atom stereocenters. The molecule has 2 nitrogen and oxygen atoms in total. The second-order valence-corrected chi connectivity index (χ2v) is 2.79. The normalized spacial score (nSPS) is 9.07. The van der Waals surface area contributed by atoms with E-state index in [9.17, 15) is 0 Å². The lowest BCUT2D eigenvalue weighted by molar-refractivity contribution is 0.880. The summed E-state index contributed by atoms with van der Waals surface area (Å²) in [7, 11) is 0. The fourth-order valence-electron chi connectivity index (χ4n) is 1.12. The summed E-state index contributed by atoms with van der Waals surface area (Å²) in [6.07, 6.45) is 3.71. The number of nitrogens with zero attached hydrogens (tertiary/aromatic N) is 2. The van der Waals surface area contributed by atoms with E-state index in [1.54, 1.807) is 6.20 Å². The molecule has 0 bridgehead atoms. The van der Waals surface area contributed by atoms with Crippen LogP contribution in [0.2, 0.25) is 0 Å². The third-order valence-corrected chi connectivity index (χ3v) is 1.80. The predicted octanol–water partition coefficient (Wildman–Crippen LogP) is 3.45. The van der Waals surface area contributed by atoms with Crippen LogP contribution in [-0.2, 0) is 0 Å². The molecule has 1 aromatic heterocycles. The second-order valence-electron chi connectivity index (χ2n) is 2.79. The minimum absolute atomic E-state index is 0. The fraction of sp³-hybridized carbons (Fsp3) is 0.250. The zero-order valence-corrected chi connectivity index (χ0v) is 8.94. The van der Waals surface area contributed by atoms with Crippen molar-refractivity contribution >= 4 is 0 Å². The standard InChI is InChI=1S/C10H10N2.C2H6.H2/c1-9-3-5-10(6-4-9)12-8-2-7-11-12;1-2;/h2-8H,1H3;1-2H3;1H. The monoisotopic (exact) mass is 190 g/mol. The van der Waals surface area contributed by atoms with Crippen LogP contribution in [0.4, 0.5) is 0 Å². The van der Waals surface area contributed by atoms with Gasteiger partial charge in [-0.1, -0.05) is 31.5 Å². The lowest BCUT2D eigenvalue weighted by Gasteiger charge is -2.00. The second kappa shape index (κ2) is 5.22. The van der Waals surface area contributed by atoms with Gasteiger partial charge >= 0.3 is 0 Å². The summed E-state index contributed by atoms with van der Waals surface area (Å²) in [4.78, 5) is 0. The molecule has 0 N–H and O–H groups in total. The molecule has 0 spiro atoms. The molecule has 2 heteroatoms. The third kappa shape index (κ3) is 2.46. The minimum Gasteiger partial charge on any atom is -0.241 e. The van der Waals surface area contributed by atoms with Crippen LogP contribution in [0.1, 0.15) is 20.8 Å². The highest BCUT2D eigenvalue weighted by atomic mass is 15.3. The number of aromatic nitrogens is 2. The van der Waals surface area contributed by atoms with E-state index in [-0.39, 0.29) is 1.43 Å². The van der Waals surface area contributed by atoms with Gasteiger partial charge in [-0.3, -0.25) is 0 Å². The van der Waals surface area contributed by atoms with Crippen LogP contribution in [0.25, 0.3) is 5.69 Å². The summed E-state index contributed by atoms with van der Waals surface area (Å²) < 4.78 is 1.85. The van der Waals surface area contributed by atoms with Crippen molar-refractivity contribution in [3.63, 3.8) is 0 Å². The molecule has 0 fully saturated rings. The van der Waals surface area contributed by atoms with E-state index >= 15 is 0 Å². The molecular weight excluding hydrogens is 172 g/mol. The van der Waals surface area contributed by atoms with Crippen molar-refractivity contribution in [1.82, 2.24) is 9.78 Å². The molecule has 1 heterocycles. The van der Waals surface area contributed by atoms with Gasteiger partial charge in [0.25, 0.3) is 0 Å². The maximum absolute atomic E-state index is 4.13. The first-order valence-corrected chi connectivity index (χ1v) is 4.93. The van der Waals surface area contributed by atoms with Crippen LogP contribution < -0.4 is 0 Å². The Morgan fingerprint density at radius 2 is 1.79 bits per heavy atom. The van der Waals surface area contributed by atoms with Gasteiger partial charge < -0.3 is 0 Å². The van der Waals surface area contributed by atoms with Crippen molar-refractivity contribution < 1.29 is 1.43 Å². The van der Waals surface area contributed by atoms with Crippen LogP contribution >= 0.6 is 0 Å². The quantitative estimate of drug-likeness (QED) is 0.673. The van der Waals surface area contributed by atoms with E-state index < -0.39 is 0 Å². The van der Waals surface area contributed by atoms with Crippen molar-refractivity contribution in [2.75, 3.05) is 0 Å². The lowest BCUT2D eigenvalue weighted by atomic mass is 10.2. The zero-order chi connectivity index (χ0) is 10.4. The summed E-state index contributed by atoms with van der Waals surface area (Å²) in [6.45, 7) is 6.08. The first-order valence-electron chi connectivity index (χ1n) is 4.93. The molecule has 0 amide bonds. The summed E-state index contributed by atoms with van der Waals surface area (Å²) >= 11 is 0. The highest BCUT2D eigenvalue weighted by Crippen LogP contribution is 2.06. The smallest absolute Gasteiger partial charge is 0.0645 e. The Balaban J connectivity index is 0.000000617. The maximum Gasteiger partial charge on any atom is 0.0645 e. The van der Waals surface area contributed by atoms with Crippen LogP contribution in [-0.4, -0.2) is 9.78 Å². The van der Waals surface area contributed by atoms with Crippen molar-refractivity contribution in [2.45, 2.75) is 20.8 Å². The summed E-state index contributed by atoms with van der Waals surface area (Å²) in [6, 6.07) is 10.2. The molecule has 0 aliphatic heterocycles. The lowest BCUT2D eigenvalue weighted by Crippen LogP contribution is -1.92. The van der Waals surface area contributed by atoms with E-state index in [1.165, 1.54) is 5.56 Å². The van der Waals surface area contributed by atoms with E-state index in [1.807, 2.05) is 30.8 Å². The Kier molecular flexibility index (Phi) is 3.92. The van der Waals surface area contributed by atoms with E-state index in [2.05, 4.69) is 36.3 Å². The molecule has 2 rings (SSSR count). The number of aryl methyl sites for hydroxylation is 1. The van der Waals surface area contributed by atoms with Crippen molar-refractivity contribution in [2.24, 2.45) is 0 Å². The average Bonchev–Trinajstić information content (AvgIpc) is 2.75. The van der Waals surface area contributed by atoms with Gasteiger partial charge in [-0.05, 0) is 25.1 Å². The molecule has 76 valence electrons. The summed E-state index contributed by atoms with van der Waals surface area (Å²) in [5.74, 6) is 0. The first-order chi connectivity index (χ1) is 6.86. The van der Waals surface area contributed by atoms with Gasteiger partial charge in [0.2, 0.25) is 0 Å². The van der Waals surface area contributed by atoms with E-state index in [0.717, 1.165) is 5.69 Å². The molecule has 2 aromatic rings. The first kappa shape index (κ1) is 10.5. The third-order valence-electron chi connectivity index (χ3n) is 1.80. The minimum atomic E-state index is 0. The summed E-state index contributed by atoms with van der Waals surface area (Å²) in [5, 5.41) is 4.13. The van der Waals surface area contributed by atoms with Gasteiger partial charge in [0.15, 0.2) is 0 Å². The van der Waals surface area contributed by atoms with Crippen molar-refractivity contribution in [3.05, 3.63) is 48.3 Å². The Morgan fingerprint density at radius 3 is 2.29 bits per heavy atom. The fourth-order valence-corrected chi connectivity index (χ4v) is 1.12. The number of rotatable bonds is 1. The van der Waals surface area contributed by atoms with Crippen molar-refractivity contribution in [1.29, 1.82) is 0 Å². The van der Waals surface area contributed by atoms with E-state index in [4.69, 9.17) is 0 Å². The molecule has 0 unspecified atom stereocenters. The zero-order valence-electron chi connectivity index (χ0n) is 8.94. The molecule has 0 radical (unpaired) electrons. The average molecular weight is 190 g/mol. The molecule has 0 aliphatic carbocycles. The highest BCUT2D eigenvalue weighted by Gasteiger charge is 1.92. The van der Waals surface area contributed by atoms with Gasteiger partial charge in [0.1, 0.15) is 0 Å². The van der Waals surface area contributed by atoms with E-state index in [0.29, 0.717) is 0 Å². The molecule has 0 aliphatic rings. The number of hydrogen-bond acceptors (Lipinski definition) is 1. The Hall–Kier alpha value is -1.57. The maximum atomic E-state index is 4.13. The molecule has 0 saturated heterocycles. The SMILES string of the molecule is CC.Cc1ccc(-n2cccn2)cc1.[HH]. The number of hydrogen-bond donors (Lipinski definition) is 0. The molecular formula is C12H18N2.